The zero-order valence-corrected chi connectivity index (χ0v) is 10.1. The van der Waals surface area contributed by atoms with E-state index in [1.165, 1.54) is 0 Å². The molecular weight excluding hydrogens is 218 g/mol. The van der Waals surface area contributed by atoms with Crippen LogP contribution in [0.15, 0.2) is 29.0 Å². The summed E-state index contributed by atoms with van der Waals surface area (Å²) in [4.78, 5) is 8.38. The number of oxazole rings is 1. The predicted octanol–water partition coefficient (Wildman–Crippen LogP) is 2.57. The average Bonchev–Trinajstić information content (AvgIpc) is 2.77. The maximum Gasteiger partial charge on any atom is 0.228 e. The van der Waals surface area contributed by atoms with Crippen LogP contribution < -0.4 is 10.1 Å². The lowest BCUT2D eigenvalue weighted by atomic mass is 10.2. The lowest BCUT2D eigenvalue weighted by Crippen LogP contribution is -2.06. The largest absolute Gasteiger partial charge is 0.475 e. The summed E-state index contributed by atoms with van der Waals surface area (Å²) in [5.41, 5.74) is 0.845. The molecule has 2 aromatic heterocycles. The molecule has 1 N–H and O–H groups in total. The molecule has 0 aromatic carbocycles. The topological polar surface area (TPSA) is 60.2 Å². The van der Waals surface area contributed by atoms with Gasteiger partial charge in [0.2, 0.25) is 11.8 Å². The number of anilines is 1. The summed E-state index contributed by atoms with van der Waals surface area (Å²) in [6.07, 6.45) is 3.34. The monoisotopic (exact) mass is 233 g/mol. The molecule has 0 atom stereocenters. The molecule has 0 spiro atoms. The summed E-state index contributed by atoms with van der Waals surface area (Å²) in [5, 5.41) is 2.91. The zero-order chi connectivity index (χ0) is 12.3. The van der Waals surface area contributed by atoms with E-state index in [0.717, 1.165) is 5.56 Å². The summed E-state index contributed by atoms with van der Waals surface area (Å²) in [5.74, 6) is 1.82. The number of ether oxygens (including phenoxy) is 1. The first-order valence-corrected chi connectivity index (χ1v) is 5.45. The average molecular weight is 233 g/mol. The lowest BCUT2D eigenvalue weighted by molar-refractivity contribution is 0.232. The Morgan fingerprint density at radius 1 is 1.41 bits per heavy atom. The Kier molecular flexibility index (Phi) is 3.27. The molecule has 0 saturated heterocycles. The normalized spacial score (nSPS) is 10.6. The third kappa shape index (κ3) is 2.75. The number of rotatable bonds is 4. The highest BCUT2D eigenvalue weighted by Gasteiger charge is 2.08. The predicted molar refractivity (Wildman–Crippen MR) is 65.0 cm³/mol. The van der Waals surface area contributed by atoms with Crippen LogP contribution in [0, 0.1) is 0 Å². The molecule has 2 rings (SSSR count). The first-order valence-electron chi connectivity index (χ1n) is 5.45. The second kappa shape index (κ2) is 4.86. The van der Waals surface area contributed by atoms with Crippen molar-refractivity contribution in [2.75, 3.05) is 12.4 Å². The van der Waals surface area contributed by atoms with Gasteiger partial charge in [0.25, 0.3) is 0 Å². The summed E-state index contributed by atoms with van der Waals surface area (Å²) in [6, 6.07) is 3.64. The van der Waals surface area contributed by atoms with E-state index >= 15 is 0 Å². The molecule has 0 amide bonds. The molecule has 0 bridgehead atoms. The van der Waals surface area contributed by atoms with Crippen molar-refractivity contribution >= 4 is 5.82 Å². The van der Waals surface area contributed by atoms with Crippen molar-refractivity contribution in [1.29, 1.82) is 0 Å². The molecular formula is C12H15N3O2. The standard InChI is InChI=1S/C12H15N3O2/c1-8(2)17-11-6-9(4-5-14-11)12-15-10(13-3)7-16-12/h4-8,13H,1-3H3. The molecule has 0 radical (unpaired) electrons. The number of hydrogen-bond acceptors (Lipinski definition) is 5. The van der Waals surface area contributed by atoms with Crippen LogP contribution >= 0.6 is 0 Å². The maximum atomic E-state index is 5.51. The van der Waals surface area contributed by atoms with E-state index in [1.807, 2.05) is 26.0 Å². The Balaban J connectivity index is 2.26. The number of nitrogens with zero attached hydrogens (tertiary/aromatic N) is 2. The zero-order valence-electron chi connectivity index (χ0n) is 10.1. The van der Waals surface area contributed by atoms with Crippen LogP contribution in [0.3, 0.4) is 0 Å². The van der Waals surface area contributed by atoms with Gasteiger partial charge in [-0.15, -0.1) is 0 Å². The molecule has 0 aliphatic carbocycles. The SMILES string of the molecule is CNc1coc(-c2ccnc(OC(C)C)c2)n1. The molecule has 2 heterocycles. The first-order chi connectivity index (χ1) is 8.19. The molecule has 0 aliphatic heterocycles. The van der Waals surface area contributed by atoms with E-state index in [9.17, 15) is 0 Å². The van der Waals surface area contributed by atoms with Gasteiger partial charge < -0.3 is 14.5 Å². The van der Waals surface area contributed by atoms with Gasteiger partial charge in [-0.1, -0.05) is 0 Å². The van der Waals surface area contributed by atoms with Crippen LogP contribution in [0.25, 0.3) is 11.5 Å². The highest BCUT2D eigenvalue weighted by molar-refractivity contribution is 5.56. The van der Waals surface area contributed by atoms with Crippen LogP contribution in [0.5, 0.6) is 5.88 Å². The molecule has 0 fully saturated rings. The van der Waals surface area contributed by atoms with Crippen LogP contribution in [0.4, 0.5) is 5.82 Å². The van der Waals surface area contributed by atoms with Crippen LogP contribution in [-0.4, -0.2) is 23.1 Å². The van der Waals surface area contributed by atoms with E-state index in [2.05, 4.69) is 15.3 Å². The van der Waals surface area contributed by atoms with Crippen molar-refractivity contribution < 1.29 is 9.15 Å². The van der Waals surface area contributed by atoms with Gasteiger partial charge in [-0.25, -0.2) is 4.98 Å². The van der Waals surface area contributed by atoms with Crippen molar-refractivity contribution in [3.8, 4) is 17.3 Å². The Bertz CT molecular complexity index is 494. The van der Waals surface area contributed by atoms with Crippen molar-refractivity contribution in [2.24, 2.45) is 0 Å². The molecule has 5 heteroatoms. The van der Waals surface area contributed by atoms with Gasteiger partial charge in [-0.3, -0.25) is 0 Å². The van der Waals surface area contributed by atoms with E-state index in [4.69, 9.17) is 9.15 Å². The number of hydrogen-bond donors (Lipinski definition) is 1. The fourth-order valence-corrected chi connectivity index (χ4v) is 1.37. The third-order valence-electron chi connectivity index (χ3n) is 2.10. The number of nitrogens with one attached hydrogen (secondary N) is 1. The minimum atomic E-state index is 0.0928. The molecule has 17 heavy (non-hydrogen) atoms. The van der Waals surface area contributed by atoms with Gasteiger partial charge in [0.05, 0.1) is 6.10 Å². The summed E-state index contributed by atoms with van der Waals surface area (Å²) < 4.78 is 10.9. The summed E-state index contributed by atoms with van der Waals surface area (Å²) in [7, 11) is 1.79. The van der Waals surface area contributed by atoms with Crippen molar-refractivity contribution in [1.82, 2.24) is 9.97 Å². The highest BCUT2D eigenvalue weighted by Crippen LogP contribution is 2.23. The highest BCUT2D eigenvalue weighted by atomic mass is 16.5. The van der Waals surface area contributed by atoms with Gasteiger partial charge in [-0.05, 0) is 19.9 Å². The van der Waals surface area contributed by atoms with E-state index in [1.54, 1.807) is 19.5 Å². The second-order valence-corrected chi connectivity index (χ2v) is 3.84. The van der Waals surface area contributed by atoms with Crippen LogP contribution in [0.1, 0.15) is 13.8 Å². The lowest BCUT2D eigenvalue weighted by Gasteiger charge is -2.08. The molecule has 2 aromatic rings. The van der Waals surface area contributed by atoms with Gasteiger partial charge in [0.1, 0.15) is 6.26 Å². The molecule has 5 nitrogen and oxygen atoms in total. The van der Waals surface area contributed by atoms with Crippen LogP contribution in [-0.2, 0) is 0 Å². The summed E-state index contributed by atoms with van der Waals surface area (Å²) in [6.45, 7) is 3.91. The fourth-order valence-electron chi connectivity index (χ4n) is 1.37. The second-order valence-electron chi connectivity index (χ2n) is 3.84. The molecule has 0 unspecified atom stereocenters. The smallest absolute Gasteiger partial charge is 0.228 e. The molecule has 0 aliphatic rings. The Labute approximate surface area is 99.8 Å². The van der Waals surface area contributed by atoms with E-state index in [-0.39, 0.29) is 6.10 Å². The number of aromatic nitrogens is 2. The third-order valence-corrected chi connectivity index (χ3v) is 2.10. The summed E-state index contributed by atoms with van der Waals surface area (Å²) >= 11 is 0. The van der Waals surface area contributed by atoms with Crippen molar-refractivity contribution in [3.63, 3.8) is 0 Å². The van der Waals surface area contributed by atoms with Gasteiger partial charge in [-0.2, -0.15) is 4.98 Å². The fraction of sp³-hybridized carbons (Fsp3) is 0.333. The van der Waals surface area contributed by atoms with E-state index < -0.39 is 0 Å². The Hall–Kier alpha value is -2.04. The van der Waals surface area contributed by atoms with E-state index in [0.29, 0.717) is 17.6 Å². The molecule has 90 valence electrons. The maximum absolute atomic E-state index is 5.51. The van der Waals surface area contributed by atoms with Crippen molar-refractivity contribution in [3.05, 3.63) is 24.6 Å². The minimum Gasteiger partial charge on any atom is -0.475 e. The van der Waals surface area contributed by atoms with Crippen LogP contribution in [0.2, 0.25) is 0 Å². The molecule has 0 saturated carbocycles. The Morgan fingerprint density at radius 3 is 2.88 bits per heavy atom. The first kappa shape index (κ1) is 11.4. The van der Waals surface area contributed by atoms with Gasteiger partial charge in [0, 0.05) is 24.9 Å². The quantitative estimate of drug-likeness (QED) is 0.879. The van der Waals surface area contributed by atoms with Crippen molar-refractivity contribution in [2.45, 2.75) is 20.0 Å². The Morgan fingerprint density at radius 2 is 2.24 bits per heavy atom. The van der Waals surface area contributed by atoms with Gasteiger partial charge in [0.15, 0.2) is 5.82 Å². The number of pyridine rings is 1. The minimum absolute atomic E-state index is 0.0928. The van der Waals surface area contributed by atoms with Gasteiger partial charge >= 0.3 is 0 Å².